The highest BCUT2D eigenvalue weighted by Crippen LogP contribution is 2.29. The van der Waals surface area contributed by atoms with Gasteiger partial charge in [-0.05, 0) is 55.2 Å². The van der Waals surface area contributed by atoms with Crippen molar-refractivity contribution in [2.24, 2.45) is 5.92 Å². The zero-order valence-electron chi connectivity index (χ0n) is 16.9. The fourth-order valence-corrected chi connectivity index (χ4v) is 3.42. The molecule has 6 heteroatoms. The van der Waals surface area contributed by atoms with Crippen molar-refractivity contribution in [1.29, 1.82) is 0 Å². The second-order valence-electron chi connectivity index (χ2n) is 7.56. The Morgan fingerprint density at radius 1 is 1.21 bits per heavy atom. The van der Waals surface area contributed by atoms with Crippen LogP contribution in [0.15, 0.2) is 41.0 Å². The van der Waals surface area contributed by atoms with Crippen LogP contribution >= 0.6 is 0 Å². The van der Waals surface area contributed by atoms with E-state index in [-0.39, 0.29) is 17.7 Å². The summed E-state index contributed by atoms with van der Waals surface area (Å²) in [7, 11) is 3.95. The molecule has 28 heavy (non-hydrogen) atoms. The summed E-state index contributed by atoms with van der Waals surface area (Å²) in [4.78, 5) is 29.0. The zero-order chi connectivity index (χ0) is 20.1. The lowest BCUT2D eigenvalue weighted by Crippen LogP contribution is -2.32. The molecule has 1 saturated carbocycles. The van der Waals surface area contributed by atoms with Crippen LogP contribution < -0.4 is 10.2 Å². The molecular formula is C22H29N3O3. The minimum atomic E-state index is -0.125. The SMILES string of the molecule is CCCN(Cc1cc(NC(=O)C2CCC2)ccc1N(C)C)C(=O)c1ccco1. The van der Waals surface area contributed by atoms with Gasteiger partial charge in [0.15, 0.2) is 5.76 Å². The largest absolute Gasteiger partial charge is 0.459 e. The highest BCUT2D eigenvalue weighted by atomic mass is 16.3. The summed E-state index contributed by atoms with van der Waals surface area (Å²) in [6.07, 6.45) is 5.43. The molecule has 0 bridgehead atoms. The molecule has 1 aromatic heterocycles. The van der Waals surface area contributed by atoms with Crippen molar-refractivity contribution in [1.82, 2.24) is 4.90 Å². The molecule has 2 amide bonds. The predicted octanol–water partition coefficient (Wildman–Crippen LogP) is 4.14. The Bertz CT molecular complexity index is 810. The van der Waals surface area contributed by atoms with Crippen LogP contribution in [0.25, 0.3) is 0 Å². The van der Waals surface area contributed by atoms with Crippen LogP contribution in [0.4, 0.5) is 11.4 Å². The van der Waals surface area contributed by atoms with Crippen molar-refractivity contribution in [3.63, 3.8) is 0 Å². The Kier molecular flexibility index (Phi) is 6.39. The fourth-order valence-electron chi connectivity index (χ4n) is 3.42. The van der Waals surface area contributed by atoms with Gasteiger partial charge in [0, 0.05) is 44.5 Å². The number of nitrogens with zero attached hydrogens (tertiary/aromatic N) is 2. The molecule has 0 radical (unpaired) electrons. The Balaban J connectivity index is 1.82. The van der Waals surface area contributed by atoms with Crippen LogP contribution in [-0.4, -0.2) is 37.4 Å². The lowest BCUT2D eigenvalue weighted by Gasteiger charge is -2.26. The molecule has 3 rings (SSSR count). The minimum Gasteiger partial charge on any atom is -0.459 e. The van der Waals surface area contributed by atoms with Crippen molar-refractivity contribution in [3.8, 4) is 0 Å². The van der Waals surface area contributed by atoms with E-state index in [4.69, 9.17) is 4.42 Å². The first-order valence-electron chi connectivity index (χ1n) is 9.93. The van der Waals surface area contributed by atoms with Gasteiger partial charge in [-0.25, -0.2) is 0 Å². The molecule has 0 aliphatic heterocycles. The molecule has 1 fully saturated rings. The number of benzene rings is 1. The monoisotopic (exact) mass is 383 g/mol. The van der Waals surface area contributed by atoms with E-state index < -0.39 is 0 Å². The maximum Gasteiger partial charge on any atom is 0.289 e. The van der Waals surface area contributed by atoms with E-state index in [1.165, 1.54) is 6.26 Å². The zero-order valence-corrected chi connectivity index (χ0v) is 16.9. The second-order valence-corrected chi connectivity index (χ2v) is 7.56. The van der Waals surface area contributed by atoms with Crippen molar-refractivity contribution < 1.29 is 14.0 Å². The van der Waals surface area contributed by atoms with Crippen molar-refractivity contribution in [2.45, 2.75) is 39.2 Å². The third kappa shape index (κ3) is 4.55. The van der Waals surface area contributed by atoms with Gasteiger partial charge < -0.3 is 19.5 Å². The molecular weight excluding hydrogens is 354 g/mol. The van der Waals surface area contributed by atoms with E-state index in [2.05, 4.69) is 5.32 Å². The van der Waals surface area contributed by atoms with E-state index in [0.29, 0.717) is 18.8 Å². The first-order chi connectivity index (χ1) is 13.5. The van der Waals surface area contributed by atoms with Crippen molar-refractivity contribution in [2.75, 3.05) is 30.9 Å². The quantitative estimate of drug-likeness (QED) is 0.744. The summed E-state index contributed by atoms with van der Waals surface area (Å²) in [5.74, 6) is 0.440. The number of furan rings is 1. The van der Waals surface area contributed by atoms with E-state index in [1.807, 2.05) is 44.1 Å². The number of carbonyl (C=O) groups is 2. The Morgan fingerprint density at radius 3 is 2.57 bits per heavy atom. The number of anilines is 2. The maximum absolute atomic E-state index is 12.8. The third-order valence-electron chi connectivity index (χ3n) is 5.18. The first kappa shape index (κ1) is 20.0. The van der Waals surface area contributed by atoms with Gasteiger partial charge in [-0.15, -0.1) is 0 Å². The molecule has 0 saturated heterocycles. The van der Waals surface area contributed by atoms with Crippen LogP contribution in [0.5, 0.6) is 0 Å². The van der Waals surface area contributed by atoms with Crippen LogP contribution in [0.2, 0.25) is 0 Å². The summed E-state index contributed by atoms with van der Waals surface area (Å²) < 4.78 is 5.30. The summed E-state index contributed by atoms with van der Waals surface area (Å²) in [6, 6.07) is 9.30. The van der Waals surface area contributed by atoms with Crippen LogP contribution in [0, 0.1) is 5.92 Å². The number of nitrogens with one attached hydrogen (secondary N) is 1. The highest BCUT2D eigenvalue weighted by molar-refractivity contribution is 5.93. The molecule has 1 aliphatic rings. The van der Waals surface area contributed by atoms with E-state index in [1.54, 1.807) is 17.0 Å². The van der Waals surface area contributed by atoms with Crippen LogP contribution in [0.3, 0.4) is 0 Å². The summed E-state index contributed by atoms with van der Waals surface area (Å²) >= 11 is 0. The standard InChI is InChI=1S/C22H29N3O3/c1-4-12-25(22(27)20-9-6-13-28-20)15-17-14-18(10-11-19(17)24(2)3)23-21(26)16-7-5-8-16/h6,9-11,13-14,16H,4-5,7-8,12,15H2,1-3H3,(H,23,26). The van der Waals surface area contributed by atoms with Crippen LogP contribution in [0.1, 0.15) is 48.7 Å². The van der Waals surface area contributed by atoms with Crippen LogP contribution in [-0.2, 0) is 11.3 Å². The Hall–Kier alpha value is -2.76. The first-order valence-corrected chi connectivity index (χ1v) is 9.93. The van der Waals surface area contributed by atoms with E-state index >= 15 is 0 Å². The average molecular weight is 383 g/mol. The molecule has 2 aromatic rings. The molecule has 6 nitrogen and oxygen atoms in total. The Morgan fingerprint density at radius 2 is 2.00 bits per heavy atom. The lowest BCUT2D eigenvalue weighted by atomic mass is 9.85. The molecule has 1 aromatic carbocycles. The van der Waals surface area contributed by atoms with Gasteiger partial charge in [-0.2, -0.15) is 0 Å². The van der Waals surface area contributed by atoms with Gasteiger partial charge in [0.2, 0.25) is 5.91 Å². The average Bonchev–Trinajstić information content (AvgIpc) is 3.13. The van der Waals surface area contributed by atoms with E-state index in [0.717, 1.165) is 42.6 Å². The molecule has 0 unspecified atom stereocenters. The third-order valence-corrected chi connectivity index (χ3v) is 5.18. The normalized spacial score (nSPS) is 13.7. The number of carbonyl (C=O) groups excluding carboxylic acids is 2. The highest BCUT2D eigenvalue weighted by Gasteiger charge is 2.25. The molecule has 0 atom stereocenters. The number of amides is 2. The number of hydrogen-bond donors (Lipinski definition) is 1. The van der Waals surface area contributed by atoms with Gasteiger partial charge in [-0.1, -0.05) is 13.3 Å². The molecule has 1 heterocycles. The van der Waals surface area contributed by atoms with E-state index in [9.17, 15) is 9.59 Å². The maximum atomic E-state index is 12.8. The number of hydrogen-bond acceptors (Lipinski definition) is 4. The lowest BCUT2D eigenvalue weighted by molar-refractivity contribution is -0.122. The Labute approximate surface area is 166 Å². The number of rotatable bonds is 8. The van der Waals surface area contributed by atoms with Gasteiger partial charge in [0.1, 0.15) is 0 Å². The topological polar surface area (TPSA) is 65.8 Å². The molecule has 150 valence electrons. The van der Waals surface area contributed by atoms with Gasteiger partial charge in [0.25, 0.3) is 5.91 Å². The smallest absolute Gasteiger partial charge is 0.289 e. The summed E-state index contributed by atoms with van der Waals surface area (Å²) in [5, 5.41) is 3.03. The fraction of sp³-hybridized carbons (Fsp3) is 0.455. The molecule has 1 N–H and O–H groups in total. The molecule has 1 aliphatic carbocycles. The van der Waals surface area contributed by atoms with Gasteiger partial charge in [0.05, 0.1) is 6.26 Å². The van der Waals surface area contributed by atoms with Gasteiger partial charge >= 0.3 is 0 Å². The summed E-state index contributed by atoms with van der Waals surface area (Å²) in [6.45, 7) is 3.13. The minimum absolute atomic E-state index is 0.0897. The van der Waals surface area contributed by atoms with Gasteiger partial charge in [-0.3, -0.25) is 9.59 Å². The van der Waals surface area contributed by atoms with Crippen molar-refractivity contribution in [3.05, 3.63) is 47.9 Å². The molecule has 0 spiro atoms. The predicted molar refractivity (Wildman–Crippen MR) is 110 cm³/mol. The van der Waals surface area contributed by atoms with Crippen molar-refractivity contribution >= 4 is 23.2 Å². The second kappa shape index (κ2) is 8.95. The summed E-state index contributed by atoms with van der Waals surface area (Å²) in [5.41, 5.74) is 2.79.